The van der Waals surface area contributed by atoms with Crippen LogP contribution in [0.2, 0.25) is 0 Å². The van der Waals surface area contributed by atoms with Gasteiger partial charge in [-0.2, -0.15) is 10.5 Å². The molecule has 0 fully saturated rings. The van der Waals surface area contributed by atoms with Gasteiger partial charge in [0, 0.05) is 12.6 Å². The molecule has 0 aliphatic carbocycles. The first kappa shape index (κ1) is 29.4. The molecule has 0 atom stereocenters. The summed E-state index contributed by atoms with van der Waals surface area (Å²) in [4.78, 5) is 20.2. The second kappa shape index (κ2) is 11.7. The van der Waals surface area contributed by atoms with E-state index in [0.717, 1.165) is 39.7 Å². The lowest BCUT2D eigenvalue weighted by Crippen LogP contribution is -2.10. The topological polar surface area (TPSA) is 113 Å². The average molecular weight is 523 g/mol. The number of aldehydes is 1. The number of aromatic nitrogens is 1. The minimum absolute atomic E-state index is 0.0927. The van der Waals surface area contributed by atoms with E-state index in [9.17, 15) is 20.4 Å². The van der Waals surface area contributed by atoms with E-state index in [1.807, 2.05) is 79.7 Å². The number of hydrogen-bond donors (Lipinski definition) is 2. The van der Waals surface area contributed by atoms with E-state index in [0.29, 0.717) is 33.7 Å². The Morgan fingerprint density at radius 3 is 1.56 bits per heavy atom. The molecule has 0 aliphatic heterocycles. The van der Waals surface area contributed by atoms with Crippen LogP contribution in [0.1, 0.15) is 134 Å². The highest BCUT2D eigenvalue weighted by Crippen LogP contribution is 2.38. The lowest BCUT2D eigenvalue weighted by molar-refractivity contribution is 0.112. The zero-order valence-electron chi connectivity index (χ0n) is 24.4. The van der Waals surface area contributed by atoms with Crippen molar-refractivity contribution >= 4 is 12.0 Å². The molecule has 0 aliphatic rings. The van der Waals surface area contributed by atoms with Crippen molar-refractivity contribution in [1.82, 2.24) is 4.98 Å². The normalized spacial score (nSPS) is 11.9. The van der Waals surface area contributed by atoms with E-state index in [1.54, 1.807) is 7.05 Å². The molecule has 0 saturated carbocycles. The van der Waals surface area contributed by atoms with Gasteiger partial charge in [0.05, 0.1) is 45.8 Å². The molecule has 39 heavy (non-hydrogen) atoms. The van der Waals surface area contributed by atoms with Crippen LogP contribution in [0.25, 0.3) is 11.3 Å². The van der Waals surface area contributed by atoms with Gasteiger partial charge >= 0.3 is 0 Å². The largest absolute Gasteiger partial charge is 0.494 e. The Morgan fingerprint density at radius 1 is 0.821 bits per heavy atom. The molecule has 6 nitrogen and oxygen atoms in total. The highest BCUT2D eigenvalue weighted by molar-refractivity contribution is 6.19. The Morgan fingerprint density at radius 2 is 1.23 bits per heavy atom. The van der Waals surface area contributed by atoms with E-state index in [2.05, 4.69) is 22.1 Å². The highest BCUT2D eigenvalue weighted by atomic mass is 16.3. The molecule has 2 N–H and O–H groups in total. The van der Waals surface area contributed by atoms with Gasteiger partial charge < -0.3 is 10.1 Å². The number of rotatable bonds is 8. The minimum atomic E-state index is -0.157. The van der Waals surface area contributed by atoms with Crippen LogP contribution in [0, 0.1) is 22.7 Å². The van der Waals surface area contributed by atoms with Crippen molar-refractivity contribution in [3.05, 3.63) is 74.3 Å². The number of nitrogens with zero attached hydrogens (tertiary/aromatic N) is 3. The van der Waals surface area contributed by atoms with Gasteiger partial charge in [0.15, 0.2) is 12.2 Å². The number of H-pyrrole nitrogens is 1. The molecule has 0 saturated heterocycles. The lowest BCUT2D eigenvalue weighted by atomic mass is 9.84. The summed E-state index contributed by atoms with van der Waals surface area (Å²) < 4.78 is 0. The van der Waals surface area contributed by atoms with Crippen LogP contribution in [0.5, 0.6) is 5.88 Å². The van der Waals surface area contributed by atoms with Crippen LogP contribution in [0.4, 0.5) is 0 Å². The van der Waals surface area contributed by atoms with Crippen LogP contribution >= 0.6 is 0 Å². The third-order valence-corrected chi connectivity index (χ3v) is 7.27. The van der Waals surface area contributed by atoms with E-state index in [1.165, 1.54) is 0 Å². The van der Waals surface area contributed by atoms with Crippen LogP contribution in [-0.2, 0) is 0 Å². The van der Waals surface area contributed by atoms with E-state index < -0.39 is 0 Å². The molecule has 0 amide bonds. The average Bonchev–Trinajstić information content (AvgIpc) is 3.23. The third kappa shape index (κ3) is 5.38. The zero-order valence-corrected chi connectivity index (χ0v) is 24.4. The monoisotopic (exact) mass is 522 g/mol. The first-order chi connectivity index (χ1) is 18.4. The molecular formula is C33H38N4O2. The molecule has 202 valence electrons. The third-order valence-electron chi connectivity index (χ3n) is 7.27. The zero-order chi connectivity index (χ0) is 29.2. The number of carbonyl (C=O) groups is 1. The predicted octanol–water partition coefficient (Wildman–Crippen LogP) is 7.90. The molecule has 6 heteroatoms. The number of aliphatic imine (C=N–C) groups is 1. The molecule has 3 rings (SSSR count). The van der Waals surface area contributed by atoms with Crippen molar-refractivity contribution in [2.45, 2.75) is 79.1 Å². The molecule has 2 aromatic carbocycles. The Bertz CT molecular complexity index is 1460. The molecule has 0 spiro atoms. The highest BCUT2D eigenvalue weighted by Gasteiger charge is 2.27. The number of nitriles is 2. The summed E-state index contributed by atoms with van der Waals surface area (Å²) in [6.07, 6.45) is 0.741. The van der Waals surface area contributed by atoms with Gasteiger partial charge in [0.25, 0.3) is 0 Å². The fourth-order valence-corrected chi connectivity index (χ4v) is 5.21. The maximum Gasteiger partial charge on any atom is 0.199 e. The summed E-state index contributed by atoms with van der Waals surface area (Å²) in [6.45, 7) is 16.3. The number of aromatic amines is 1. The summed E-state index contributed by atoms with van der Waals surface area (Å²) >= 11 is 0. The van der Waals surface area contributed by atoms with Crippen molar-refractivity contribution in [2.24, 2.45) is 4.99 Å². The molecule has 1 heterocycles. The van der Waals surface area contributed by atoms with Gasteiger partial charge in [0.1, 0.15) is 0 Å². The summed E-state index contributed by atoms with van der Waals surface area (Å²) in [5.41, 5.74) is 7.93. The Hall–Kier alpha value is -4.16. The standard InChI is InChI=1S/C33H38N4O2/c1-17(2)23-10-21(11-24(18(3)4)27(23)14-34)31-29(16-38)30(33(39)37-31)32(36-9)22-12-25(19(5)6)28(15-35)26(13-22)20(7)8/h10-13,16-20,37,39H,1-9H3. The molecule has 1 aromatic heterocycles. The van der Waals surface area contributed by atoms with Crippen molar-refractivity contribution in [3.8, 4) is 29.3 Å². The Labute approximate surface area is 232 Å². The quantitative estimate of drug-likeness (QED) is 0.231. The lowest BCUT2D eigenvalue weighted by Gasteiger charge is -2.18. The first-order valence-electron chi connectivity index (χ1n) is 13.4. The van der Waals surface area contributed by atoms with Crippen LogP contribution in [0.3, 0.4) is 0 Å². The SMILES string of the molecule is CN=C(c1cc(C(C)C)c(C#N)c(C(C)C)c1)c1c(O)[nH]c(-c2cc(C(C)C)c(C#N)c(C(C)C)c2)c1C=O. The Kier molecular flexibility index (Phi) is 8.82. The second-order valence-electron chi connectivity index (χ2n) is 11.2. The summed E-state index contributed by atoms with van der Waals surface area (Å²) in [5, 5.41) is 31.0. The molecular weight excluding hydrogens is 484 g/mol. The fraction of sp³-hybridized carbons (Fsp3) is 0.394. The minimum Gasteiger partial charge on any atom is -0.494 e. The number of hydrogen-bond acceptors (Lipinski definition) is 5. The Balaban J connectivity index is 2.36. The van der Waals surface area contributed by atoms with Gasteiger partial charge in [-0.05, 0) is 75.8 Å². The molecule has 0 radical (unpaired) electrons. The first-order valence-corrected chi connectivity index (χ1v) is 13.4. The van der Waals surface area contributed by atoms with Crippen molar-refractivity contribution in [3.63, 3.8) is 0 Å². The maximum atomic E-state index is 12.6. The molecule has 3 aromatic rings. The van der Waals surface area contributed by atoms with Gasteiger partial charge in [0.2, 0.25) is 0 Å². The fourth-order valence-electron chi connectivity index (χ4n) is 5.21. The van der Waals surface area contributed by atoms with Gasteiger partial charge in [-0.25, -0.2) is 0 Å². The summed E-state index contributed by atoms with van der Waals surface area (Å²) in [5.74, 6) is 0.221. The van der Waals surface area contributed by atoms with Crippen molar-refractivity contribution in [1.29, 1.82) is 10.5 Å². The molecule has 0 unspecified atom stereocenters. The smallest absolute Gasteiger partial charge is 0.199 e. The number of aromatic hydroxyl groups is 1. The number of carbonyl (C=O) groups excluding carboxylic acids is 1. The van der Waals surface area contributed by atoms with E-state index >= 15 is 0 Å². The van der Waals surface area contributed by atoms with Crippen molar-refractivity contribution < 1.29 is 9.90 Å². The summed E-state index contributed by atoms with van der Waals surface area (Å²) in [7, 11) is 1.63. The van der Waals surface area contributed by atoms with Gasteiger partial charge in [-0.1, -0.05) is 55.4 Å². The molecule has 0 bridgehead atoms. The summed E-state index contributed by atoms with van der Waals surface area (Å²) in [6, 6.07) is 12.5. The van der Waals surface area contributed by atoms with Gasteiger partial charge in [-0.15, -0.1) is 0 Å². The van der Waals surface area contributed by atoms with Crippen LogP contribution in [-0.4, -0.2) is 29.1 Å². The van der Waals surface area contributed by atoms with Crippen molar-refractivity contribution in [2.75, 3.05) is 7.05 Å². The van der Waals surface area contributed by atoms with Crippen LogP contribution in [0.15, 0.2) is 29.3 Å². The van der Waals surface area contributed by atoms with Crippen LogP contribution < -0.4 is 0 Å². The second-order valence-corrected chi connectivity index (χ2v) is 11.2. The van der Waals surface area contributed by atoms with Gasteiger partial charge in [-0.3, -0.25) is 9.79 Å². The maximum absolute atomic E-state index is 12.6. The predicted molar refractivity (Wildman–Crippen MR) is 157 cm³/mol. The van der Waals surface area contributed by atoms with E-state index in [-0.39, 0.29) is 29.6 Å². The number of nitrogens with one attached hydrogen (secondary N) is 1. The number of benzene rings is 2. The van der Waals surface area contributed by atoms with E-state index in [4.69, 9.17) is 0 Å².